The van der Waals surface area contributed by atoms with Gasteiger partial charge in [-0.2, -0.15) is 0 Å². The molecule has 0 saturated heterocycles. The number of quaternary nitrogens is 1. The number of amides is 1. The molecule has 3 N–H and O–H groups in total. The summed E-state index contributed by atoms with van der Waals surface area (Å²) in [5, 5.41) is 14.0. The molecule has 3 atom stereocenters. The zero-order valence-electron chi connectivity index (χ0n) is 54.3. The van der Waals surface area contributed by atoms with Crippen LogP contribution >= 0.6 is 7.82 Å². The highest BCUT2D eigenvalue weighted by Crippen LogP contribution is 2.43. The van der Waals surface area contributed by atoms with Crippen molar-refractivity contribution in [2.45, 2.75) is 373 Å². The van der Waals surface area contributed by atoms with Crippen LogP contribution in [0, 0.1) is 0 Å². The smallest absolute Gasteiger partial charge is 0.387 e. The predicted molar refractivity (Wildman–Crippen MR) is 351 cm³/mol. The van der Waals surface area contributed by atoms with Gasteiger partial charge in [-0.05, 0) is 57.8 Å². The van der Waals surface area contributed by atoms with Crippen molar-refractivity contribution < 1.29 is 32.9 Å². The second-order valence-electron chi connectivity index (χ2n) is 25.6. The van der Waals surface area contributed by atoms with Crippen molar-refractivity contribution in [3.05, 3.63) is 36.5 Å². The molecule has 0 bridgehead atoms. The molecule has 3 unspecified atom stereocenters. The molecule has 0 rings (SSSR count). The van der Waals surface area contributed by atoms with Crippen molar-refractivity contribution in [3.8, 4) is 0 Å². The molecule has 9 heteroatoms. The molecular formula is C71H140N2O6P+. The van der Waals surface area contributed by atoms with E-state index < -0.39 is 20.0 Å². The standard InChI is InChI=1S/C71H139N2O6P/c1-6-8-10-12-14-16-18-20-22-24-26-28-30-31-32-33-34-35-36-37-38-39-40-41-43-45-47-49-51-53-55-57-59-61-63-65-71(75)72-69(68-79-80(76,77)78-67-66-73(3,4)5)70(74)64-62-60-58-56-54-52-50-48-46-44-42-29-27-25-23-21-19-17-15-13-11-9-7-2/h33-34,54,56,62,64,69-70,74H,6-32,35-53,55,57-61,63,65-68H2,1-5H3,(H-,72,75,76,77)/p+1/b34-33-,56-54+,64-62+. The molecule has 0 aliphatic carbocycles. The van der Waals surface area contributed by atoms with Crippen molar-refractivity contribution in [3.63, 3.8) is 0 Å². The summed E-state index contributed by atoms with van der Waals surface area (Å²) in [5.41, 5.74) is 0. The summed E-state index contributed by atoms with van der Waals surface area (Å²) in [6.45, 7) is 4.85. The van der Waals surface area contributed by atoms with Gasteiger partial charge in [-0.15, -0.1) is 0 Å². The summed E-state index contributed by atoms with van der Waals surface area (Å²) in [6.07, 6.45) is 83.1. The lowest BCUT2D eigenvalue weighted by Gasteiger charge is -2.25. The number of aliphatic hydroxyl groups excluding tert-OH is 1. The maximum Gasteiger partial charge on any atom is 0.472 e. The van der Waals surface area contributed by atoms with Crippen molar-refractivity contribution in [2.24, 2.45) is 0 Å². The number of allylic oxidation sites excluding steroid dienone is 5. The van der Waals surface area contributed by atoms with Gasteiger partial charge >= 0.3 is 7.82 Å². The number of aliphatic hydroxyl groups is 1. The van der Waals surface area contributed by atoms with Crippen LogP contribution in [0.4, 0.5) is 0 Å². The van der Waals surface area contributed by atoms with E-state index in [1.807, 2.05) is 27.2 Å². The first-order valence-corrected chi connectivity index (χ1v) is 36.9. The van der Waals surface area contributed by atoms with Crippen LogP contribution in [0.3, 0.4) is 0 Å². The molecule has 0 spiro atoms. The SMILES string of the molecule is CCCCCCCCCCCCCCCC/C=C\CCCCCCCCCCCCCCCCCCCC(=O)NC(COP(=O)(O)OCC[N+](C)(C)C)C(O)/C=C/CC/C=C/CCCCCCCCCCCCCCCCCCC. The third kappa shape index (κ3) is 64.3. The molecule has 80 heavy (non-hydrogen) atoms. The summed E-state index contributed by atoms with van der Waals surface area (Å²) in [4.78, 5) is 23.4. The average molecular weight is 1150 g/mol. The molecule has 0 radical (unpaired) electrons. The molecule has 1 amide bonds. The minimum Gasteiger partial charge on any atom is -0.387 e. The highest BCUT2D eigenvalue weighted by molar-refractivity contribution is 7.47. The summed E-state index contributed by atoms with van der Waals surface area (Å²) in [7, 11) is 1.57. The first-order chi connectivity index (χ1) is 39.0. The van der Waals surface area contributed by atoms with E-state index in [0.717, 1.165) is 38.5 Å². The monoisotopic (exact) mass is 1150 g/mol. The van der Waals surface area contributed by atoms with Gasteiger partial charge in [0.2, 0.25) is 5.91 Å². The van der Waals surface area contributed by atoms with E-state index in [2.05, 4.69) is 43.5 Å². The Bertz CT molecular complexity index is 1400. The minimum absolute atomic E-state index is 0.0578. The molecule has 0 aliphatic rings. The number of nitrogens with zero attached hydrogens (tertiary/aromatic N) is 1. The third-order valence-corrected chi connectivity index (χ3v) is 17.3. The van der Waals surface area contributed by atoms with Crippen molar-refractivity contribution in [2.75, 3.05) is 40.9 Å². The number of unbranched alkanes of at least 4 members (excludes halogenated alkanes) is 49. The van der Waals surface area contributed by atoms with Gasteiger partial charge in [0.1, 0.15) is 13.2 Å². The summed E-state index contributed by atoms with van der Waals surface area (Å²) in [5.74, 6) is -0.180. The number of likely N-dealkylation sites (N-methyl/N-ethyl adjacent to an activating group) is 1. The molecular weight excluding hydrogens is 1010 g/mol. The Morgan fingerprint density at radius 3 is 1.00 bits per heavy atom. The van der Waals surface area contributed by atoms with Crippen LogP contribution in [0.25, 0.3) is 0 Å². The van der Waals surface area contributed by atoms with E-state index in [-0.39, 0.29) is 19.1 Å². The van der Waals surface area contributed by atoms with Gasteiger partial charge in [0.25, 0.3) is 0 Å². The van der Waals surface area contributed by atoms with Crippen molar-refractivity contribution >= 4 is 13.7 Å². The molecule has 0 aromatic heterocycles. The summed E-state index contributed by atoms with van der Waals surface area (Å²) in [6, 6.07) is -0.863. The lowest BCUT2D eigenvalue weighted by Crippen LogP contribution is -2.45. The normalized spacial score (nSPS) is 13.8. The maximum absolute atomic E-state index is 13.0. The number of hydrogen-bond donors (Lipinski definition) is 3. The summed E-state index contributed by atoms with van der Waals surface area (Å²) >= 11 is 0. The van der Waals surface area contributed by atoms with Gasteiger partial charge in [0, 0.05) is 6.42 Å². The third-order valence-electron chi connectivity index (χ3n) is 16.3. The van der Waals surface area contributed by atoms with Crippen LogP contribution < -0.4 is 5.32 Å². The Kier molecular flexibility index (Phi) is 61.3. The van der Waals surface area contributed by atoms with Crippen LogP contribution in [0.1, 0.15) is 361 Å². The van der Waals surface area contributed by atoms with Gasteiger partial charge in [-0.3, -0.25) is 13.8 Å². The number of nitrogens with one attached hydrogen (secondary N) is 1. The molecule has 0 aromatic rings. The molecule has 8 nitrogen and oxygen atoms in total. The maximum atomic E-state index is 13.0. The zero-order valence-corrected chi connectivity index (χ0v) is 55.2. The fraction of sp³-hybridized carbons (Fsp3) is 0.901. The number of carbonyl (C=O) groups is 1. The lowest BCUT2D eigenvalue weighted by molar-refractivity contribution is -0.870. The topological polar surface area (TPSA) is 105 Å². The first-order valence-electron chi connectivity index (χ1n) is 35.4. The van der Waals surface area contributed by atoms with Crippen molar-refractivity contribution in [1.82, 2.24) is 5.32 Å². The predicted octanol–water partition coefficient (Wildman–Crippen LogP) is 22.4. The summed E-state index contributed by atoms with van der Waals surface area (Å²) < 4.78 is 23.8. The average Bonchev–Trinajstić information content (AvgIpc) is 3.42. The number of hydrogen-bond acceptors (Lipinski definition) is 5. The first kappa shape index (κ1) is 78.7. The van der Waals surface area contributed by atoms with Crippen LogP contribution in [0.5, 0.6) is 0 Å². The molecule has 0 fully saturated rings. The highest BCUT2D eigenvalue weighted by atomic mass is 31.2. The zero-order chi connectivity index (χ0) is 58.4. The molecule has 0 heterocycles. The van der Waals surface area contributed by atoms with E-state index in [4.69, 9.17) is 9.05 Å². The number of phosphoric ester groups is 1. The van der Waals surface area contributed by atoms with Crippen LogP contribution in [0.2, 0.25) is 0 Å². The molecule has 474 valence electrons. The quantitative estimate of drug-likeness (QED) is 0.0243. The molecule has 0 aromatic carbocycles. The Balaban J connectivity index is 4.03. The Hall–Kier alpha value is -1.28. The Morgan fingerprint density at radius 1 is 0.412 bits per heavy atom. The van der Waals surface area contributed by atoms with Crippen LogP contribution in [0.15, 0.2) is 36.5 Å². The van der Waals surface area contributed by atoms with Gasteiger partial charge in [0.15, 0.2) is 0 Å². The van der Waals surface area contributed by atoms with Gasteiger partial charge in [-0.25, -0.2) is 4.57 Å². The number of phosphoric acid groups is 1. The van der Waals surface area contributed by atoms with Crippen LogP contribution in [-0.4, -0.2) is 73.4 Å². The molecule has 0 saturated carbocycles. The fourth-order valence-corrected chi connectivity index (χ4v) is 11.6. The number of rotatable bonds is 66. The van der Waals surface area contributed by atoms with E-state index in [0.29, 0.717) is 17.4 Å². The van der Waals surface area contributed by atoms with E-state index in [1.54, 1.807) is 6.08 Å². The fourth-order valence-electron chi connectivity index (χ4n) is 10.8. The van der Waals surface area contributed by atoms with Crippen molar-refractivity contribution in [1.29, 1.82) is 0 Å². The Labute approximate surface area is 499 Å². The van der Waals surface area contributed by atoms with Gasteiger partial charge in [0.05, 0.1) is 39.9 Å². The molecule has 0 aliphatic heterocycles. The lowest BCUT2D eigenvalue weighted by atomic mass is 10.0. The van der Waals surface area contributed by atoms with Gasteiger partial charge in [-0.1, -0.05) is 333 Å². The van der Waals surface area contributed by atoms with E-state index >= 15 is 0 Å². The number of carbonyl (C=O) groups excluding carboxylic acids is 1. The van der Waals surface area contributed by atoms with E-state index in [1.165, 1.54) is 302 Å². The largest absolute Gasteiger partial charge is 0.472 e. The van der Waals surface area contributed by atoms with Crippen LogP contribution in [-0.2, 0) is 18.4 Å². The Morgan fingerprint density at radius 2 is 0.688 bits per heavy atom. The van der Waals surface area contributed by atoms with E-state index in [9.17, 15) is 19.4 Å². The minimum atomic E-state index is -4.36. The highest BCUT2D eigenvalue weighted by Gasteiger charge is 2.28. The second-order valence-corrected chi connectivity index (χ2v) is 27.1. The van der Waals surface area contributed by atoms with Gasteiger partial charge < -0.3 is 19.8 Å². The second kappa shape index (κ2) is 62.3.